The summed E-state index contributed by atoms with van der Waals surface area (Å²) in [7, 11) is 0. The fourth-order valence-corrected chi connectivity index (χ4v) is 2.20. The number of tetrazole rings is 1. The van der Waals surface area contributed by atoms with E-state index in [1.165, 1.54) is 6.33 Å². The van der Waals surface area contributed by atoms with E-state index in [1.54, 1.807) is 16.8 Å². The normalized spacial score (nSPS) is 17.6. The van der Waals surface area contributed by atoms with Crippen molar-refractivity contribution in [3.05, 3.63) is 35.1 Å². The maximum absolute atomic E-state index is 11.8. The minimum atomic E-state index is -0.0781. The minimum Gasteiger partial charge on any atom is -0.351 e. The average Bonchev–Trinajstić information content (AvgIpc) is 2.88. The Kier molecular flexibility index (Phi) is 3.62. The first-order chi connectivity index (χ1) is 9.74. The van der Waals surface area contributed by atoms with Crippen molar-refractivity contribution in [2.75, 3.05) is 6.54 Å². The largest absolute Gasteiger partial charge is 0.351 e. The van der Waals surface area contributed by atoms with Crippen LogP contribution in [-0.4, -0.2) is 38.7 Å². The van der Waals surface area contributed by atoms with Gasteiger partial charge >= 0.3 is 0 Å². The second-order valence-electron chi connectivity index (χ2n) is 4.54. The smallest absolute Gasteiger partial charge is 0.237 e. The van der Waals surface area contributed by atoms with Gasteiger partial charge in [-0.15, -0.1) is 5.10 Å². The van der Waals surface area contributed by atoms with Gasteiger partial charge in [-0.05, 0) is 47.2 Å². The van der Waals surface area contributed by atoms with Gasteiger partial charge in [0.25, 0.3) is 0 Å². The van der Waals surface area contributed by atoms with Gasteiger partial charge in [0, 0.05) is 11.6 Å². The van der Waals surface area contributed by atoms with Crippen molar-refractivity contribution >= 4 is 17.5 Å². The van der Waals surface area contributed by atoms with E-state index in [0.717, 1.165) is 24.2 Å². The topological polar surface area (TPSA) is 84.7 Å². The Balaban J connectivity index is 1.77. The average molecular weight is 293 g/mol. The molecule has 0 aliphatic carbocycles. The van der Waals surface area contributed by atoms with E-state index in [4.69, 9.17) is 11.6 Å². The van der Waals surface area contributed by atoms with Crippen molar-refractivity contribution in [2.24, 2.45) is 0 Å². The van der Waals surface area contributed by atoms with E-state index in [2.05, 4.69) is 26.2 Å². The summed E-state index contributed by atoms with van der Waals surface area (Å²) in [5.74, 6) is -0.00103. The Hall–Kier alpha value is -1.99. The van der Waals surface area contributed by atoms with Crippen LogP contribution in [0, 0.1) is 0 Å². The van der Waals surface area contributed by atoms with Gasteiger partial charge in [-0.1, -0.05) is 11.6 Å². The lowest BCUT2D eigenvalue weighted by atomic mass is 10.1. The van der Waals surface area contributed by atoms with Crippen molar-refractivity contribution < 1.29 is 4.79 Å². The number of halogens is 1. The summed E-state index contributed by atoms with van der Waals surface area (Å²) in [6.45, 7) is 1.28. The lowest BCUT2D eigenvalue weighted by molar-refractivity contribution is -0.124. The van der Waals surface area contributed by atoms with Crippen LogP contribution in [0.15, 0.2) is 24.5 Å². The first-order valence-electron chi connectivity index (χ1n) is 6.27. The van der Waals surface area contributed by atoms with Crippen LogP contribution >= 0.6 is 11.6 Å². The Bertz CT molecular complexity index is 610. The molecule has 2 aromatic rings. The number of rotatable bonds is 4. The highest BCUT2D eigenvalue weighted by Crippen LogP contribution is 2.19. The van der Waals surface area contributed by atoms with Gasteiger partial charge in [-0.3, -0.25) is 4.79 Å². The summed E-state index contributed by atoms with van der Waals surface area (Å²) in [6, 6.07) is 5.30. The molecule has 2 N–H and O–H groups in total. The molecule has 0 unspecified atom stereocenters. The minimum absolute atomic E-state index is 0.00103. The van der Waals surface area contributed by atoms with Crippen molar-refractivity contribution in [1.29, 1.82) is 0 Å². The zero-order valence-electron chi connectivity index (χ0n) is 10.6. The first kappa shape index (κ1) is 13.0. The summed E-state index contributed by atoms with van der Waals surface area (Å²) >= 11 is 6.01. The molecule has 2 heterocycles. The third-order valence-corrected chi connectivity index (χ3v) is 3.47. The van der Waals surface area contributed by atoms with Crippen LogP contribution in [0.1, 0.15) is 12.0 Å². The van der Waals surface area contributed by atoms with E-state index in [0.29, 0.717) is 11.6 Å². The van der Waals surface area contributed by atoms with E-state index in [1.807, 2.05) is 6.07 Å². The molecule has 1 fully saturated rings. The fourth-order valence-electron chi connectivity index (χ4n) is 2.01. The van der Waals surface area contributed by atoms with Crippen molar-refractivity contribution in [3.63, 3.8) is 0 Å². The van der Waals surface area contributed by atoms with Crippen LogP contribution in [-0.2, 0) is 11.3 Å². The van der Waals surface area contributed by atoms with Gasteiger partial charge in [0.1, 0.15) is 6.33 Å². The fraction of sp³-hybridized carbons (Fsp3) is 0.333. The van der Waals surface area contributed by atoms with Gasteiger partial charge in [0.15, 0.2) is 0 Å². The van der Waals surface area contributed by atoms with Gasteiger partial charge in [-0.25, -0.2) is 4.68 Å². The third kappa shape index (κ3) is 2.63. The summed E-state index contributed by atoms with van der Waals surface area (Å²) in [4.78, 5) is 11.8. The molecule has 104 valence electrons. The van der Waals surface area contributed by atoms with Crippen LogP contribution < -0.4 is 10.6 Å². The Morgan fingerprint density at radius 3 is 3.05 bits per heavy atom. The third-order valence-electron chi connectivity index (χ3n) is 3.23. The van der Waals surface area contributed by atoms with E-state index < -0.39 is 0 Å². The maximum Gasteiger partial charge on any atom is 0.237 e. The molecule has 20 heavy (non-hydrogen) atoms. The van der Waals surface area contributed by atoms with Gasteiger partial charge in [-0.2, -0.15) is 0 Å². The molecule has 1 aliphatic heterocycles. The quantitative estimate of drug-likeness (QED) is 0.846. The molecular weight excluding hydrogens is 280 g/mol. The van der Waals surface area contributed by atoms with E-state index in [-0.39, 0.29) is 11.9 Å². The summed E-state index contributed by atoms with van der Waals surface area (Å²) in [5.41, 5.74) is 1.65. The number of hydrogen-bond acceptors (Lipinski definition) is 5. The number of carbonyl (C=O) groups excluding carboxylic acids is 1. The summed E-state index contributed by atoms with van der Waals surface area (Å²) in [5, 5.41) is 17.6. The standard InChI is InChI=1S/C12H13ClN6O/c13-9-1-2-11(19-7-16-17-18-19)8(5-9)6-15-12(20)10-3-4-14-10/h1-2,5,7,10,14H,3-4,6H2,(H,15,20)/t10-/m0/s1. The first-order valence-corrected chi connectivity index (χ1v) is 6.65. The maximum atomic E-state index is 11.8. The highest BCUT2D eigenvalue weighted by Gasteiger charge is 2.24. The molecule has 8 heteroatoms. The van der Waals surface area contributed by atoms with Gasteiger partial charge < -0.3 is 10.6 Å². The van der Waals surface area contributed by atoms with E-state index in [9.17, 15) is 4.79 Å². The Morgan fingerprint density at radius 2 is 2.40 bits per heavy atom. The van der Waals surface area contributed by atoms with Crippen molar-refractivity contribution in [3.8, 4) is 5.69 Å². The molecule has 1 saturated heterocycles. The van der Waals surface area contributed by atoms with Crippen LogP contribution in [0.4, 0.5) is 0 Å². The number of hydrogen-bond donors (Lipinski definition) is 2. The van der Waals surface area contributed by atoms with Gasteiger partial charge in [0.05, 0.1) is 11.7 Å². The molecule has 0 bridgehead atoms. The number of aromatic nitrogens is 4. The van der Waals surface area contributed by atoms with Crippen LogP contribution in [0.5, 0.6) is 0 Å². The summed E-state index contributed by atoms with van der Waals surface area (Å²) in [6.07, 6.45) is 2.38. The zero-order chi connectivity index (χ0) is 13.9. The molecule has 1 atom stereocenters. The molecule has 0 radical (unpaired) electrons. The predicted molar refractivity (Wildman–Crippen MR) is 72.4 cm³/mol. The number of carbonyl (C=O) groups is 1. The molecule has 1 amide bonds. The van der Waals surface area contributed by atoms with E-state index >= 15 is 0 Å². The molecule has 0 spiro atoms. The highest BCUT2D eigenvalue weighted by atomic mass is 35.5. The zero-order valence-corrected chi connectivity index (χ0v) is 11.3. The van der Waals surface area contributed by atoms with Crippen LogP contribution in [0.25, 0.3) is 5.69 Å². The SMILES string of the molecule is O=C(NCc1cc(Cl)ccc1-n1cnnn1)[C@@H]1CCN1. The molecule has 1 aliphatic rings. The molecule has 1 aromatic carbocycles. The monoisotopic (exact) mass is 292 g/mol. The Morgan fingerprint density at radius 1 is 1.55 bits per heavy atom. The van der Waals surface area contributed by atoms with Crippen molar-refractivity contribution in [1.82, 2.24) is 30.8 Å². The number of benzene rings is 1. The number of amides is 1. The van der Waals surface area contributed by atoms with Crippen LogP contribution in [0.3, 0.4) is 0 Å². The highest BCUT2D eigenvalue weighted by molar-refractivity contribution is 6.30. The number of nitrogens with one attached hydrogen (secondary N) is 2. The second kappa shape index (κ2) is 5.56. The molecular formula is C12H13ClN6O. The van der Waals surface area contributed by atoms with Crippen molar-refractivity contribution in [2.45, 2.75) is 19.0 Å². The number of nitrogens with zero attached hydrogens (tertiary/aromatic N) is 4. The molecule has 3 rings (SSSR count). The lowest BCUT2D eigenvalue weighted by Crippen LogP contribution is -2.53. The Labute approximate surface area is 120 Å². The van der Waals surface area contributed by atoms with Crippen LogP contribution in [0.2, 0.25) is 5.02 Å². The second-order valence-corrected chi connectivity index (χ2v) is 4.98. The molecule has 0 saturated carbocycles. The lowest BCUT2D eigenvalue weighted by Gasteiger charge is -2.26. The molecule has 7 nitrogen and oxygen atoms in total. The predicted octanol–water partition coefficient (Wildman–Crippen LogP) is 0.294. The summed E-state index contributed by atoms with van der Waals surface area (Å²) < 4.78 is 1.54. The van der Waals surface area contributed by atoms with Gasteiger partial charge in [0.2, 0.25) is 5.91 Å². The molecule has 1 aromatic heterocycles.